The lowest BCUT2D eigenvalue weighted by Gasteiger charge is -2.20. The molecule has 6 nitrogen and oxygen atoms in total. The molecule has 0 aromatic heterocycles. The molecule has 0 radical (unpaired) electrons. The summed E-state index contributed by atoms with van der Waals surface area (Å²) in [6.07, 6.45) is 96.1. The second-order valence-corrected chi connectivity index (χ2v) is 25.3. The normalized spacial score (nSPS) is 12.9. The third-order valence-corrected chi connectivity index (χ3v) is 17.0. The minimum absolute atomic E-state index is 0.00915. The van der Waals surface area contributed by atoms with Crippen molar-refractivity contribution in [1.29, 1.82) is 0 Å². The summed E-state index contributed by atoms with van der Waals surface area (Å²) in [7, 11) is 0. The predicted molar refractivity (Wildman–Crippen MR) is 365 cm³/mol. The lowest BCUT2D eigenvalue weighted by atomic mass is 10.0. The molecular weight excluding hydrogens is 1020 g/mol. The van der Waals surface area contributed by atoms with E-state index in [0.29, 0.717) is 19.4 Å². The Balaban J connectivity index is 3.37. The van der Waals surface area contributed by atoms with Gasteiger partial charge in [-0.3, -0.25) is 9.59 Å². The highest BCUT2D eigenvalue weighted by Crippen LogP contribution is 2.18. The molecule has 0 heterocycles. The number of hydrogen-bond acceptors (Lipinski definition) is 5. The molecule has 0 saturated carbocycles. The van der Waals surface area contributed by atoms with Crippen LogP contribution in [0.25, 0.3) is 0 Å². The lowest BCUT2D eigenvalue weighted by Crippen LogP contribution is -2.45. The number of aliphatic hydroxyl groups is 2. The quantitative estimate of drug-likeness (QED) is 0.0320. The SMILES string of the molecule is CCCCCC/C=C\C/C=C\CCCCCCCCCC(=O)OCCCCCCCCCCCCC/C=C\C/C=C\CCCCCCCCCCCCCCCCCCCC(=O)NC(CO)C(O)/C=C/CCCCCCCCCCCCC. The summed E-state index contributed by atoms with van der Waals surface area (Å²) in [4.78, 5) is 24.6. The largest absolute Gasteiger partial charge is 0.466 e. The molecule has 83 heavy (non-hydrogen) atoms. The molecule has 0 aliphatic rings. The van der Waals surface area contributed by atoms with Gasteiger partial charge in [-0.2, -0.15) is 0 Å². The Morgan fingerprint density at radius 2 is 0.602 bits per heavy atom. The number of hydrogen-bond donors (Lipinski definition) is 3. The Bertz CT molecular complexity index is 1430. The second-order valence-electron chi connectivity index (χ2n) is 25.3. The van der Waals surface area contributed by atoms with Gasteiger partial charge in [0.25, 0.3) is 0 Å². The Kier molecular flexibility index (Phi) is 69.9. The highest BCUT2D eigenvalue weighted by atomic mass is 16.5. The number of carbonyl (C=O) groups is 2. The molecule has 0 aromatic rings. The average Bonchev–Trinajstić information content (AvgIpc) is 3.49. The van der Waals surface area contributed by atoms with Gasteiger partial charge in [-0.1, -0.05) is 344 Å². The van der Waals surface area contributed by atoms with Gasteiger partial charge in [0.2, 0.25) is 5.91 Å². The molecule has 486 valence electrons. The Hall–Kier alpha value is -2.44. The van der Waals surface area contributed by atoms with Crippen LogP contribution < -0.4 is 5.32 Å². The van der Waals surface area contributed by atoms with E-state index in [1.807, 2.05) is 6.08 Å². The summed E-state index contributed by atoms with van der Waals surface area (Å²) in [6, 6.07) is -0.626. The fourth-order valence-corrected chi connectivity index (χ4v) is 11.3. The number of amides is 1. The zero-order valence-corrected chi connectivity index (χ0v) is 55.7. The lowest BCUT2D eigenvalue weighted by molar-refractivity contribution is -0.143. The molecule has 6 heteroatoms. The summed E-state index contributed by atoms with van der Waals surface area (Å²) in [5, 5.41) is 23.1. The first-order valence-corrected chi connectivity index (χ1v) is 37.1. The molecule has 2 unspecified atom stereocenters. The summed E-state index contributed by atoms with van der Waals surface area (Å²) >= 11 is 0. The second kappa shape index (κ2) is 72.0. The van der Waals surface area contributed by atoms with Gasteiger partial charge in [-0.15, -0.1) is 0 Å². The molecule has 1 amide bonds. The van der Waals surface area contributed by atoms with Crippen LogP contribution in [-0.4, -0.2) is 47.4 Å². The minimum Gasteiger partial charge on any atom is -0.466 e. The van der Waals surface area contributed by atoms with Gasteiger partial charge in [0.05, 0.1) is 25.4 Å². The first kappa shape index (κ1) is 80.6. The third-order valence-electron chi connectivity index (χ3n) is 17.0. The maximum Gasteiger partial charge on any atom is 0.305 e. The first-order valence-electron chi connectivity index (χ1n) is 37.1. The number of allylic oxidation sites excluding steroid dienone is 9. The molecule has 0 saturated heterocycles. The van der Waals surface area contributed by atoms with Gasteiger partial charge in [0, 0.05) is 12.8 Å². The van der Waals surface area contributed by atoms with Crippen molar-refractivity contribution in [2.24, 2.45) is 0 Å². The van der Waals surface area contributed by atoms with Crippen molar-refractivity contribution in [3.63, 3.8) is 0 Å². The molecule has 0 fully saturated rings. The molecule has 0 spiro atoms. The van der Waals surface area contributed by atoms with Crippen LogP contribution in [0.15, 0.2) is 60.8 Å². The standard InChI is InChI=1S/C77H143NO5/c1-3-5-7-9-11-13-15-17-18-19-40-43-47-51-55-59-63-67-71-77(82)83-72-68-64-60-56-52-48-44-41-38-36-34-32-30-28-26-24-22-20-21-23-25-27-29-31-33-35-37-39-42-46-50-54-58-62-66-70-76(81)78-74(73-79)75(80)69-65-61-57-53-49-45-16-14-12-10-8-6-4-2/h13,15,18-19,22,24,28,30,65,69,74-75,79-80H,3-12,14,16-17,20-21,23,25-27,29,31-64,66-68,70-73H2,1-2H3,(H,78,81)/b15-13-,19-18-,24-22-,30-28-,69-65+. The molecular formula is C77H143NO5. The molecule has 0 aromatic carbocycles. The summed E-state index contributed by atoms with van der Waals surface area (Å²) in [5.74, 6) is -0.0557. The van der Waals surface area contributed by atoms with E-state index in [9.17, 15) is 19.8 Å². The van der Waals surface area contributed by atoms with E-state index >= 15 is 0 Å². The van der Waals surface area contributed by atoms with Crippen LogP contribution in [0.3, 0.4) is 0 Å². The highest BCUT2D eigenvalue weighted by molar-refractivity contribution is 5.76. The van der Waals surface area contributed by atoms with Crippen LogP contribution in [-0.2, 0) is 14.3 Å². The van der Waals surface area contributed by atoms with E-state index in [0.717, 1.165) is 57.8 Å². The zero-order valence-electron chi connectivity index (χ0n) is 55.7. The van der Waals surface area contributed by atoms with Gasteiger partial charge in [-0.25, -0.2) is 0 Å². The van der Waals surface area contributed by atoms with E-state index < -0.39 is 12.1 Å². The van der Waals surface area contributed by atoms with Gasteiger partial charge in [0.1, 0.15) is 0 Å². The van der Waals surface area contributed by atoms with E-state index in [4.69, 9.17) is 4.74 Å². The number of aliphatic hydroxyl groups excluding tert-OH is 2. The van der Waals surface area contributed by atoms with Crippen LogP contribution in [0.5, 0.6) is 0 Å². The van der Waals surface area contributed by atoms with Gasteiger partial charge in [-0.05, 0) is 96.3 Å². The van der Waals surface area contributed by atoms with Crippen molar-refractivity contribution in [2.45, 2.75) is 405 Å². The molecule has 2 atom stereocenters. The summed E-state index contributed by atoms with van der Waals surface area (Å²) in [5.41, 5.74) is 0. The van der Waals surface area contributed by atoms with Gasteiger partial charge < -0.3 is 20.3 Å². The van der Waals surface area contributed by atoms with E-state index in [2.05, 4.69) is 67.8 Å². The molecule has 0 aliphatic heterocycles. The van der Waals surface area contributed by atoms with Crippen LogP contribution in [0.1, 0.15) is 393 Å². The monoisotopic (exact) mass is 1160 g/mol. The third kappa shape index (κ3) is 68.5. The number of unbranched alkanes of at least 4 members (excludes halogenated alkanes) is 50. The van der Waals surface area contributed by atoms with E-state index in [1.165, 1.54) is 308 Å². The Morgan fingerprint density at radius 3 is 0.928 bits per heavy atom. The fourth-order valence-electron chi connectivity index (χ4n) is 11.3. The topological polar surface area (TPSA) is 95.9 Å². The number of carbonyl (C=O) groups excluding carboxylic acids is 2. The van der Waals surface area contributed by atoms with Crippen molar-refractivity contribution in [1.82, 2.24) is 5.32 Å². The maximum atomic E-state index is 12.5. The fraction of sp³-hybridized carbons (Fsp3) is 0.844. The molecule has 0 bridgehead atoms. The Morgan fingerprint density at radius 1 is 0.337 bits per heavy atom. The van der Waals surface area contributed by atoms with Crippen LogP contribution in [0.2, 0.25) is 0 Å². The van der Waals surface area contributed by atoms with Crippen molar-refractivity contribution in [2.75, 3.05) is 13.2 Å². The Labute approximate surface area is 518 Å². The van der Waals surface area contributed by atoms with Crippen molar-refractivity contribution in [3.05, 3.63) is 60.8 Å². The van der Waals surface area contributed by atoms with E-state index in [1.54, 1.807) is 6.08 Å². The number of nitrogens with one attached hydrogen (secondary N) is 1. The minimum atomic E-state index is -0.843. The van der Waals surface area contributed by atoms with Gasteiger partial charge >= 0.3 is 5.97 Å². The van der Waals surface area contributed by atoms with Gasteiger partial charge in [0.15, 0.2) is 0 Å². The molecule has 0 aliphatic carbocycles. The molecule has 0 rings (SSSR count). The zero-order chi connectivity index (χ0) is 59.9. The number of ether oxygens (including phenoxy) is 1. The maximum absolute atomic E-state index is 12.5. The predicted octanol–water partition coefficient (Wildman–Crippen LogP) is 24.2. The van der Waals surface area contributed by atoms with Crippen molar-refractivity contribution >= 4 is 11.9 Å². The van der Waals surface area contributed by atoms with Crippen molar-refractivity contribution < 1.29 is 24.5 Å². The highest BCUT2D eigenvalue weighted by Gasteiger charge is 2.18. The number of esters is 1. The average molecular weight is 1160 g/mol. The van der Waals surface area contributed by atoms with Crippen LogP contribution >= 0.6 is 0 Å². The van der Waals surface area contributed by atoms with Crippen LogP contribution in [0.4, 0.5) is 0 Å². The van der Waals surface area contributed by atoms with E-state index in [-0.39, 0.29) is 18.5 Å². The summed E-state index contributed by atoms with van der Waals surface area (Å²) in [6.45, 7) is 4.90. The molecule has 3 N–H and O–H groups in total. The van der Waals surface area contributed by atoms with Crippen LogP contribution in [0, 0.1) is 0 Å². The smallest absolute Gasteiger partial charge is 0.305 e. The van der Waals surface area contributed by atoms with Crippen molar-refractivity contribution in [3.8, 4) is 0 Å². The summed E-state index contributed by atoms with van der Waals surface area (Å²) < 4.78 is 5.50. The first-order chi connectivity index (χ1) is 41.0. The number of rotatable bonds is 69.